The van der Waals surface area contributed by atoms with Crippen molar-refractivity contribution in [1.82, 2.24) is 14.5 Å². The second-order valence-electron chi connectivity index (χ2n) is 8.64. The summed E-state index contributed by atoms with van der Waals surface area (Å²) in [7, 11) is -2.42. The van der Waals surface area contributed by atoms with Crippen molar-refractivity contribution in [1.29, 1.82) is 0 Å². The second kappa shape index (κ2) is 9.58. The van der Waals surface area contributed by atoms with E-state index in [0.717, 1.165) is 12.8 Å². The Balaban J connectivity index is 1.71. The van der Waals surface area contributed by atoms with Crippen molar-refractivity contribution >= 4 is 27.8 Å². The van der Waals surface area contributed by atoms with Gasteiger partial charge in [0.05, 0.1) is 12.0 Å². The summed E-state index contributed by atoms with van der Waals surface area (Å²) in [5.41, 5.74) is -0.785. The Hall–Kier alpha value is -2.46. The van der Waals surface area contributed by atoms with Gasteiger partial charge in [0.15, 0.2) is 0 Å². The number of carbonyl (C=O) groups is 3. The molecule has 1 N–H and O–H groups in total. The normalized spacial score (nSPS) is 24.6. The second-order valence-corrected chi connectivity index (χ2v) is 10.6. The van der Waals surface area contributed by atoms with Gasteiger partial charge in [-0.1, -0.05) is 6.92 Å². The van der Waals surface area contributed by atoms with Crippen molar-refractivity contribution in [3.8, 4) is 0 Å². The van der Waals surface area contributed by atoms with Gasteiger partial charge < -0.3 is 15.0 Å². The number of nitrogens with zero attached hydrogens (tertiary/aromatic N) is 2. The van der Waals surface area contributed by atoms with E-state index in [0.29, 0.717) is 31.8 Å². The van der Waals surface area contributed by atoms with Crippen molar-refractivity contribution < 1.29 is 27.5 Å². The summed E-state index contributed by atoms with van der Waals surface area (Å²) in [6.07, 6.45) is 2.63. The third-order valence-corrected chi connectivity index (χ3v) is 8.41. The smallest absolute Gasteiger partial charge is 0.331 e. The molecule has 10 heteroatoms. The Morgan fingerprint density at radius 2 is 1.59 bits per heavy atom. The average molecular weight is 466 g/mol. The zero-order valence-corrected chi connectivity index (χ0v) is 19.6. The van der Waals surface area contributed by atoms with Gasteiger partial charge in [-0.25, -0.2) is 13.2 Å². The highest BCUT2D eigenvalue weighted by Crippen LogP contribution is 2.33. The molecule has 176 valence electrons. The molecule has 1 heterocycles. The first-order valence-electron chi connectivity index (χ1n) is 10.9. The van der Waals surface area contributed by atoms with Crippen LogP contribution in [0.15, 0.2) is 29.2 Å². The number of hydrogen-bond donors (Lipinski definition) is 1. The summed E-state index contributed by atoms with van der Waals surface area (Å²) in [6.45, 7) is 4.73. The van der Waals surface area contributed by atoms with Crippen molar-refractivity contribution in [2.75, 3.05) is 33.3 Å². The van der Waals surface area contributed by atoms with E-state index in [4.69, 9.17) is 4.74 Å². The number of piperazine rings is 1. The molecule has 9 nitrogen and oxygen atoms in total. The van der Waals surface area contributed by atoms with Gasteiger partial charge in [0.2, 0.25) is 15.9 Å². The molecule has 1 aromatic rings. The molecule has 0 spiro atoms. The molecular formula is C22H31N3O6S. The monoisotopic (exact) mass is 465 g/mol. The van der Waals surface area contributed by atoms with Crippen LogP contribution < -0.4 is 5.32 Å². The van der Waals surface area contributed by atoms with Gasteiger partial charge >= 0.3 is 5.97 Å². The molecule has 1 saturated carbocycles. The fourth-order valence-corrected chi connectivity index (χ4v) is 5.71. The van der Waals surface area contributed by atoms with E-state index < -0.39 is 27.4 Å². The minimum Gasteiger partial charge on any atom is -0.467 e. The van der Waals surface area contributed by atoms with E-state index in [1.165, 1.54) is 42.6 Å². The van der Waals surface area contributed by atoms with Crippen LogP contribution in [0.5, 0.6) is 0 Å². The number of sulfonamides is 1. The predicted octanol–water partition coefficient (Wildman–Crippen LogP) is 1.39. The van der Waals surface area contributed by atoms with Crippen LogP contribution >= 0.6 is 0 Å². The van der Waals surface area contributed by atoms with Crippen LogP contribution in [0.1, 0.15) is 49.9 Å². The first kappa shape index (κ1) is 24.2. The maximum atomic E-state index is 12.9. The van der Waals surface area contributed by atoms with Crippen molar-refractivity contribution in [3.05, 3.63) is 29.8 Å². The predicted molar refractivity (Wildman–Crippen MR) is 117 cm³/mol. The lowest BCUT2D eigenvalue weighted by Crippen LogP contribution is -2.56. The lowest BCUT2D eigenvalue weighted by Gasteiger charge is -2.37. The zero-order valence-electron chi connectivity index (χ0n) is 18.8. The lowest BCUT2D eigenvalue weighted by atomic mass is 9.77. The Bertz CT molecular complexity index is 960. The number of hydrogen-bond acceptors (Lipinski definition) is 6. The summed E-state index contributed by atoms with van der Waals surface area (Å²) in [5.74, 6) is -0.494. The van der Waals surface area contributed by atoms with Crippen molar-refractivity contribution in [3.63, 3.8) is 0 Å². The lowest BCUT2D eigenvalue weighted by molar-refractivity contribution is -0.150. The quantitative estimate of drug-likeness (QED) is 0.658. The molecule has 1 aliphatic heterocycles. The maximum Gasteiger partial charge on any atom is 0.331 e. The van der Waals surface area contributed by atoms with Gasteiger partial charge in [0.1, 0.15) is 5.54 Å². The van der Waals surface area contributed by atoms with Gasteiger partial charge in [0.25, 0.3) is 5.91 Å². The largest absolute Gasteiger partial charge is 0.467 e. The van der Waals surface area contributed by atoms with Crippen molar-refractivity contribution in [2.24, 2.45) is 5.92 Å². The Morgan fingerprint density at radius 1 is 1.03 bits per heavy atom. The number of esters is 1. The number of benzene rings is 1. The van der Waals surface area contributed by atoms with Crippen LogP contribution in [0, 0.1) is 5.92 Å². The number of methoxy groups -OCH3 is 1. The number of ether oxygens (including phenoxy) is 1. The molecule has 0 bridgehead atoms. The van der Waals surface area contributed by atoms with E-state index in [2.05, 4.69) is 12.2 Å². The Morgan fingerprint density at radius 3 is 2.09 bits per heavy atom. The highest BCUT2D eigenvalue weighted by atomic mass is 32.2. The number of carbonyl (C=O) groups excluding carboxylic acids is 3. The van der Waals surface area contributed by atoms with E-state index in [1.54, 1.807) is 4.90 Å². The summed E-state index contributed by atoms with van der Waals surface area (Å²) in [4.78, 5) is 38.5. The van der Waals surface area contributed by atoms with Gasteiger partial charge in [-0.15, -0.1) is 0 Å². The SMILES string of the molecule is COC(=O)C1(NC(=O)c2ccc(S(=O)(=O)N3CCN(C(C)=O)CC3)cc2)CCC(C)CC1. The number of amides is 2. The maximum absolute atomic E-state index is 12.9. The van der Waals surface area contributed by atoms with E-state index >= 15 is 0 Å². The minimum absolute atomic E-state index is 0.0745. The third-order valence-electron chi connectivity index (χ3n) is 6.50. The average Bonchev–Trinajstić information content (AvgIpc) is 2.80. The summed E-state index contributed by atoms with van der Waals surface area (Å²) >= 11 is 0. The molecule has 1 aliphatic carbocycles. The summed E-state index contributed by atoms with van der Waals surface area (Å²) in [6, 6.07) is 5.69. The molecule has 2 fully saturated rings. The van der Waals surface area contributed by atoms with Crippen molar-refractivity contribution in [2.45, 2.75) is 50.0 Å². The standard InChI is InChI=1S/C22H31N3O6S/c1-16-8-10-22(11-9-16,21(28)31-3)23-20(27)18-4-6-19(7-5-18)32(29,30)25-14-12-24(13-15-25)17(2)26/h4-7,16H,8-15H2,1-3H3,(H,23,27). The Kier molecular flexibility index (Phi) is 7.24. The Labute approximate surface area is 189 Å². The molecule has 1 aromatic carbocycles. The fourth-order valence-electron chi connectivity index (χ4n) is 4.29. The molecule has 2 aliphatic rings. The fraction of sp³-hybridized carbons (Fsp3) is 0.591. The van der Waals surface area contributed by atoms with E-state index in [9.17, 15) is 22.8 Å². The molecule has 32 heavy (non-hydrogen) atoms. The molecule has 1 saturated heterocycles. The van der Waals surface area contributed by atoms with E-state index in [1.807, 2.05) is 0 Å². The van der Waals surface area contributed by atoms with Gasteiger partial charge in [-0.2, -0.15) is 4.31 Å². The zero-order chi connectivity index (χ0) is 23.5. The topological polar surface area (TPSA) is 113 Å². The van der Waals surface area contributed by atoms with Crippen LogP contribution in [0.4, 0.5) is 0 Å². The van der Waals surface area contributed by atoms with Crippen LogP contribution in [0.2, 0.25) is 0 Å². The number of rotatable bonds is 5. The molecule has 0 unspecified atom stereocenters. The highest BCUT2D eigenvalue weighted by Gasteiger charge is 2.43. The van der Waals surface area contributed by atoms with Gasteiger partial charge in [-0.3, -0.25) is 9.59 Å². The van der Waals surface area contributed by atoms with Crippen LogP contribution in [-0.2, 0) is 24.3 Å². The first-order chi connectivity index (χ1) is 15.1. The minimum atomic E-state index is -3.73. The molecule has 0 radical (unpaired) electrons. The molecule has 0 aromatic heterocycles. The van der Waals surface area contributed by atoms with Gasteiger partial charge in [0, 0.05) is 38.7 Å². The van der Waals surface area contributed by atoms with Crippen LogP contribution in [0.3, 0.4) is 0 Å². The molecule has 3 rings (SSSR count). The van der Waals surface area contributed by atoms with E-state index in [-0.39, 0.29) is 29.5 Å². The summed E-state index contributed by atoms with van der Waals surface area (Å²) < 4.78 is 32.2. The van der Waals surface area contributed by atoms with Crippen LogP contribution in [-0.4, -0.2) is 74.2 Å². The molecule has 0 atom stereocenters. The molecule has 2 amide bonds. The highest BCUT2D eigenvalue weighted by molar-refractivity contribution is 7.89. The molecular weight excluding hydrogens is 434 g/mol. The summed E-state index contributed by atoms with van der Waals surface area (Å²) in [5, 5.41) is 2.85. The van der Waals surface area contributed by atoms with Crippen LogP contribution in [0.25, 0.3) is 0 Å². The first-order valence-corrected chi connectivity index (χ1v) is 12.3. The third kappa shape index (κ3) is 4.96. The van der Waals surface area contributed by atoms with Gasteiger partial charge in [-0.05, 0) is 55.9 Å². The number of nitrogens with one attached hydrogen (secondary N) is 1.